The minimum Gasteiger partial charge on any atom is -0.386 e. The SMILES string of the molecule is CCCCC1(C)C(N)=NC(C)(c2cc(Nc3ncc(Br)c4cc(Cl)cnc34)ccc2F)CS1(=O)=O. The van der Waals surface area contributed by atoms with Gasteiger partial charge in [0.1, 0.15) is 27.5 Å². The van der Waals surface area contributed by atoms with E-state index in [1.807, 2.05) is 6.92 Å². The van der Waals surface area contributed by atoms with Gasteiger partial charge in [-0.1, -0.05) is 31.4 Å². The average Bonchev–Trinajstić information content (AvgIpc) is 2.79. The minimum atomic E-state index is -3.71. The third-order valence-electron chi connectivity index (χ3n) is 6.53. The summed E-state index contributed by atoms with van der Waals surface area (Å²) >= 11 is 9.54. The monoisotopic (exact) mass is 581 g/mol. The first-order chi connectivity index (χ1) is 16.4. The molecule has 0 fully saturated rings. The summed E-state index contributed by atoms with van der Waals surface area (Å²) in [6.45, 7) is 5.18. The lowest BCUT2D eigenvalue weighted by Gasteiger charge is -2.40. The standard InChI is InChI=1S/C24H26BrClFN5O2S/c1-4-5-8-24(3)22(28)32-23(2,13-35(24,33)34)17-10-15(6-7-19(17)27)31-21-20-16(18(25)12-30-21)9-14(26)11-29-20/h6-7,9-12H,4-5,8,13H2,1-3H3,(H2,28,32)(H,30,31). The van der Waals surface area contributed by atoms with E-state index in [2.05, 4.69) is 36.2 Å². The zero-order valence-electron chi connectivity index (χ0n) is 19.6. The van der Waals surface area contributed by atoms with Gasteiger partial charge in [-0.15, -0.1) is 0 Å². The summed E-state index contributed by atoms with van der Waals surface area (Å²) in [5.74, 6) is -0.463. The summed E-state index contributed by atoms with van der Waals surface area (Å²) in [6, 6.07) is 6.13. The summed E-state index contributed by atoms with van der Waals surface area (Å²) in [5.41, 5.74) is 6.06. The molecule has 3 N–H and O–H groups in total. The number of aromatic nitrogens is 2. The summed E-state index contributed by atoms with van der Waals surface area (Å²) in [5, 5.41) is 4.40. The zero-order valence-corrected chi connectivity index (χ0v) is 22.7. The minimum absolute atomic E-state index is 0.0131. The average molecular weight is 583 g/mol. The zero-order chi connectivity index (χ0) is 25.6. The van der Waals surface area contributed by atoms with Crippen molar-refractivity contribution in [3.05, 3.63) is 57.5 Å². The second kappa shape index (κ2) is 9.29. The van der Waals surface area contributed by atoms with Crippen LogP contribution in [0, 0.1) is 5.82 Å². The molecular formula is C24H26BrClFN5O2S. The molecule has 1 aromatic carbocycles. The number of nitrogens with zero attached hydrogens (tertiary/aromatic N) is 3. The predicted molar refractivity (Wildman–Crippen MR) is 143 cm³/mol. The highest BCUT2D eigenvalue weighted by atomic mass is 79.9. The number of benzene rings is 1. The molecule has 0 bridgehead atoms. The van der Waals surface area contributed by atoms with E-state index in [1.54, 1.807) is 38.2 Å². The van der Waals surface area contributed by atoms with Gasteiger partial charge in [0.25, 0.3) is 0 Å². The first kappa shape index (κ1) is 25.8. The third kappa shape index (κ3) is 4.63. The highest BCUT2D eigenvalue weighted by molar-refractivity contribution is 9.10. The van der Waals surface area contributed by atoms with E-state index in [4.69, 9.17) is 17.3 Å². The van der Waals surface area contributed by atoms with Crippen LogP contribution in [-0.4, -0.2) is 34.7 Å². The van der Waals surface area contributed by atoms with Crippen LogP contribution >= 0.6 is 27.5 Å². The Hall–Kier alpha value is -2.30. The van der Waals surface area contributed by atoms with Crippen LogP contribution in [0.1, 0.15) is 45.6 Å². The van der Waals surface area contributed by atoms with Gasteiger partial charge in [-0.2, -0.15) is 0 Å². The number of aliphatic imine (C=N–C) groups is 1. The molecule has 1 aliphatic heterocycles. The van der Waals surface area contributed by atoms with Gasteiger partial charge in [0.05, 0.1) is 10.8 Å². The van der Waals surface area contributed by atoms with E-state index < -0.39 is 25.9 Å². The van der Waals surface area contributed by atoms with Gasteiger partial charge in [-0.3, -0.25) is 9.98 Å². The number of rotatable bonds is 6. The molecule has 0 spiro atoms. The molecule has 2 unspecified atom stereocenters. The maximum absolute atomic E-state index is 15.1. The van der Waals surface area contributed by atoms with Crippen LogP contribution in [0.25, 0.3) is 10.9 Å². The van der Waals surface area contributed by atoms with Crippen molar-refractivity contribution in [2.75, 3.05) is 11.1 Å². The van der Waals surface area contributed by atoms with E-state index in [0.29, 0.717) is 34.9 Å². The Morgan fingerprint density at radius 1 is 1.23 bits per heavy atom. The van der Waals surface area contributed by atoms with Crippen molar-refractivity contribution in [2.24, 2.45) is 10.7 Å². The molecule has 0 saturated heterocycles. The highest BCUT2D eigenvalue weighted by Crippen LogP contribution is 2.41. The molecule has 0 amide bonds. The molecule has 0 radical (unpaired) electrons. The largest absolute Gasteiger partial charge is 0.386 e. The van der Waals surface area contributed by atoms with Crippen molar-refractivity contribution in [2.45, 2.75) is 50.3 Å². The van der Waals surface area contributed by atoms with Gasteiger partial charge in [-0.05, 0) is 60.5 Å². The van der Waals surface area contributed by atoms with Crippen LogP contribution in [-0.2, 0) is 15.4 Å². The van der Waals surface area contributed by atoms with Crippen LogP contribution in [0.3, 0.4) is 0 Å². The molecule has 4 rings (SSSR count). The Morgan fingerprint density at radius 2 is 1.97 bits per heavy atom. The van der Waals surface area contributed by atoms with Gasteiger partial charge in [0.2, 0.25) is 0 Å². The molecule has 3 aromatic rings. The number of nitrogens with two attached hydrogens (primary N) is 1. The van der Waals surface area contributed by atoms with Gasteiger partial charge >= 0.3 is 0 Å². The Labute approximate surface area is 217 Å². The number of unbranched alkanes of at least 4 members (excludes halogenated alkanes) is 1. The molecule has 2 aromatic heterocycles. The molecule has 1 aliphatic rings. The van der Waals surface area contributed by atoms with Crippen molar-refractivity contribution in [1.29, 1.82) is 0 Å². The fourth-order valence-corrected chi connectivity index (χ4v) is 7.01. The molecule has 0 saturated carbocycles. The van der Waals surface area contributed by atoms with E-state index in [1.165, 1.54) is 12.3 Å². The normalized spacial score (nSPS) is 23.8. The number of anilines is 2. The number of halogens is 3. The lowest BCUT2D eigenvalue weighted by molar-refractivity contribution is 0.464. The number of pyridine rings is 2. The maximum Gasteiger partial charge on any atom is 0.165 e. The van der Waals surface area contributed by atoms with Crippen molar-refractivity contribution in [1.82, 2.24) is 9.97 Å². The molecule has 11 heteroatoms. The van der Waals surface area contributed by atoms with E-state index in [0.717, 1.165) is 16.3 Å². The first-order valence-corrected chi connectivity index (χ1v) is 14.0. The van der Waals surface area contributed by atoms with Crippen molar-refractivity contribution < 1.29 is 12.8 Å². The van der Waals surface area contributed by atoms with Gasteiger partial charge in [-0.25, -0.2) is 17.8 Å². The van der Waals surface area contributed by atoms with Crippen LogP contribution in [0.4, 0.5) is 15.9 Å². The van der Waals surface area contributed by atoms with Crippen molar-refractivity contribution in [3.8, 4) is 0 Å². The first-order valence-electron chi connectivity index (χ1n) is 11.1. The molecule has 186 valence electrons. The van der Waals surface area contributed by atoms with Crippen molar-refractivity contribution in [3.63, 3.8) is 0 Å². The number of hydrogen-bond acceptors (Lipinski definition) is 7. The lowest BCUT2D eigenvalue weighted by Crippen LogP contribution is -2.56. The second-order valence-corrected chi connectivity index (χ2v) is 12.9. The topological polar surface area (TPSA) is 110 Å². The Balaban J connectivity index is 1.76. The van der Waals surface area contributed by atoms with Crippen LogP contribution in [0.5, 0.6) is 0 Å². The molecule has 3 heterocycles. The van der Waals surface area contributed by atoms with Gasteiger partial charge in [0, 0.05) is 33.5 Å². The van der Waals surface area contributed by atoms with E-state index >= 15 is 4.39 Å². The predicted octanol–water partition coefficient (Wildman–Crippen LogP) is 5.88. The Bertz CT molecular complexity index is 1450. The number of fused-ring (bicyclic) bond motifs is 1. The van der Waals surface area contributed by atoms with Crippen LogP contribution in [0.2, 0.25) is 5.02 Å². The molecule has 7 nitrogen and oxygen atoms in total. The molecule has 0 aliphatic carbocycles. The quantitative estimate of drug-likeness (QED) is 0.376. The second-order valence-electron chi connectivity index (χ2n) is 9.19. The summed E-state index contributed by atoms with van der Waals surface area (Å²) in [6.07, 6.45) is 5.03. The maximum atomic E-state index is 15.1. The van der Waals surface area contributed by atoms with Gasteiger partial charge < -0.3 is 11.1 Å². The molecule has 35 heavy (non-hydrogen) atoms. The summed E-state index contributed by atoms with van der Waals surface area (Å²) in [7, 11) is -3.71. The number of sulfone groups is 1. The van der Waals surface area contributed by atoms with Crippen molar-refractivity contribution >= 4 is 65.6 Å². The Kier molecular flexibility index (Phi) is 6.85. The fourth-order valence-electron chi connectivity index (χ4n) is 4.35. The third-order valence-corrected chi connectivity index (χ3v) is 10.1. The number of nitrogens with one attached hydrogen (secondary N) is 1. The molecule has 2 atom stereocenters. The van der Waals surface area contributed by atoms with E-state index in [9.17, 15) is 8.42 Å². The lowest BCUT2D eigenvalue weighted by atomic mass is 9.92. The highest BCUT2D eigenvalue weighted by Gasteiger charge is 2.51. The smallest absolute Gasteiger partial charge is 0.165 e. The molecular weight excluding hydrogens is 557 g/mol. The Morgan fingerprint density at radius 3 is 2.66 bits per heavy atom. The number of amidine groups is 1. The summed E-state index contributed by atoms with van der Waals surface area (Å²) < 4.78 is 41.3. The number of hydrogen-bond donors (Lipinski definition) is 2. The summed E-state index contributed by atoms with van der Waals surface area (Å²) in [4.78, 5) is 13.3. The van der Waals surface area contributed by atoms with Crippen LogP contribution < -0.4 is 11.1 Å². The fraction of sp³-hybridized carbons (Fsp3) is 0.375. The van der Waals surface area contributed by atoms with Gasteiger partial charge in [0.15, 0.2) is 15.7 Å². The van der Waals surface area contributed by atoms with Crippen LogP contribution in [0.15, 0.2) is 46.1 Å². The van der Waals surface area contributed by atoms with E-state index in [-0.39, 0.29) is 17.2 Å².